The van der Waals surface area contributed by atoms with Crippen molar-refractivity contribution in [2.24, 2.45) is 5.92 Å². The summed E-state index contributed by atoms with van der Waals surface area (Å²) in [6.07, 6.45) is 0.452. The zero-order valence-corrected chi connectivity index (χ0v) is 12.5. The Morgan fingerprint density at radius 2 is 2.00 bits per heavy atom. The number of nitrogens with zero attached hydrogens (tertiary/aromatic N) is 2. The molecule has 1 aliphatic carbocycles. The van der Waals surface area contributed by atoms with Crippen molar-refractivity contribution in [3.8, 4) is 0 Å². The average molecular weight is 325 g/mol. The summed E-state index contributed by atoms with van der Waals surface area (Å²) in [6.45, 7) is 0. The molecule has 0 spiro atoms. The largest absolute Gasteiger partial charge is 0.391 e. The predicted molar refractivity (Wildman–Crippen MR) is 78.8 cm³/mol. The summed E-state index contributed by atoms with van der Waals surface area (Å²) >= 11 is 0. The van der Waals surface area contributed by atoms with Crippen LogP contribution in [0.2, 0.25) is 0 Å². The first-order valence-corrected chi connectivity index (χ1v) is 7.70. The van der Waals surface area contributed by atoms with E-state index in [4.69, 9.17) is 0 Å². The van der Waals surface area contributed by atoms with E-state index in [1.807, 2.05) is 22.6 Å². The molecule has 4 nitrogen and oxygen atoms in total. The highest BCUT2D eigenvalue weighted by atomic mass is 19.4. The van der Waals surface area contributed by atoms with Crippen molar-refractivity contribution in [2.75, 3.05) is 0 Å². The zero-order chi connectivity index (χ0) is 16.4. The molecule has 0 aliphatic heterocycles. The number of aromatic nitrogens is 2. The molecule has 1 saturated carbocycles. The Labute approximate surface area is 131 Å². The van der Waals surface area contributed by atoms with Crippen molar-refractivity contribution in [3.63, 3.8) is 0 Å². The van der Waals surface area contributed by atoms with Crippen LogP contribution in [0.1, 0.15) is 31.4 Å². The number of carbonyl (C=O) groups is 1. The van der Waals surface area contributed by atoms with E-state index in [1.165, 1.54) is 0 Å². The lowest BCUT2D eigenvalue weighted by Gasteiger charge is -2.30. The van der Waals surface area contributed by atoms with Gasteiger partial charge < -0.3 is 9.72 Å². The van der Waals surface area contributed by atoms with Gasteiger partial charge in [-0.1, -0.05) is 6.07 Å². The molecule has 0 saturated heterocycles. The summed E-state index contributed by atoms with van der Waals surface area (Å²) in [5.41, 5.74) is 1.57. The molecule has 3 rings (SSSR count). The van der Waals surface area contributed by atoms with Gasteiger partial charge in [0.1, 0.15) is 5.65 Å². The van der Waals surface area contributed by atoms with Crippen LogP contribution in [0.25, 0.3) is 5.65 Å². The SMILES string of the molecule is O=C(Cc1cccc2nccn12)NC1CCC(C(F)(F)F)CC1. The molecule has 1 fully saturated rings. The van der Waals surface area contributed by atoms with Gasteiger partial charge in [0, 0.05) is 24.1 Å². The maximum atomic E-state index is 12.6. The molecule has 1 aliphatic rings. The molecule has 7 heteroatoms. The highest BCUT2D eigenvalue weighted by Crippen LogP contribution is 2.37. The number of pyridine rings is 1. The van der Waals surface area contributed by atoms with E-state index in [0.717, 1.165) is 11.3 Å². The highest BCUT2D eigenvalue weighted by Gasteiger charge is 2.41. The molecular formula is C16H18F3N3O. The molecule has 23 heavy (non-hydrogen) atoms. The van der Waals surface area contributed by atoms with Crippen LogP contribution in [0.4, 0.5) is 13.2 Å². The maximum Gasteiger partial charge on any atom is 0.391 e. The fourth-order valence-electron chi connectivity index (χ4n) is 3.16. The summed E-state index contributed by atoms with van der Waals surface area (Å²) in [5.74, 6) is -1.39. The van der Waals surface area contributed by atoms with Gasteiger partial charge in [-0.3, -0.25) is 4.79 Å². The summed E-state index contributed by atoms with van der Waals surface area (Å²) < 4.78 is 39.8. The van der Waals surface area contributed by atoms with Crippen molar-refractivity contribution in [1.29, 1.82) is 0 Å². The van der Waals surface area contributed by atoms with E-state index >= 15 is 0 Å². The van der Waals surface area contributed by atoms with Crippen LogP contribution in [-0.4, -0.2) is 27.5 Å². The van der Waals surface area contributed by atoms with Crippen LogP contribution in [-0.2, 0) is 11.2 Å². The molecule has 1 amide bonds. The van der Waals surface area contributed by atoms with Gasteiger partial charge in [-0.05, 0) is 37.8 Å². The number of nitrogens with one attached hydrogen (secondary N) is 1. The molecule has 2 aromatic rings. The average Bonchev–Trinajstić information content (AvgIpc) is 2.96. The van der Waals surface area contributed by atoms with Gasteiger partial charge in [0.25, 0.3) is 0 Å². The second-order valence-corrected chi connectivity index (χ2v) is 6.01. The molecule has 124 valence electrons. The van der Waals surface area contributed by atoms with Crippen molar-refractivity contribution >= 4 is 11.6 Å². The third-order valence-corrected chi connectivity index (χ3v) is 4.41. The normalized spacial score (nSPS) is 22.2. The minimum Gasteiger partial charge on any atom is -0.353 e. The van der Waals surface area contributed by atoms with E-state index in [9.17, 15) is 18.0 Å². The van der Waals surface area contributed by atoms with E-state index < -0.39 is 12.1 Å². The second kappa shape index (κ2) is 6.22. The van der Waals surface area contributed by atoms with E-state index in [2.05, 4.69) is 10.3 Å². The number of alkyl halides is 3. The third kappa shape index (κ3) is 3.65. The molecule has 1 N–H and O–H groups in total. The Morgan fingerprint density at radius 3 is 2.70 bits per heavy atom. The van der Waals surface area contributed by atoms with Gasteiger partial charge in [0.2, 0.25) is 5.91 Å². The minimum absolute atomic E-state index is 0.0888. The van der Waals surface area contributed by atoms with Gasteiger partial charge in [-0.25, -0.2) is 4.98 Å². The summed E-state index contributed by atoms with van der Waals surface area (Å²) in [7, 11) is 0. The smallest absolute Gasteiger partial charge is 0.353 e. The van der Waals surface area contributed by atoms with E-state index in [0.29, 0.717) is 12.8 Å². The molecule has 0 bridgehead atoms. The number of halogens is 3. The first-order valence-electron chi connectivity index (χ1n) is 7.70. The number of carbonyl (C=O) groups excluding carboxylic acids is 1. The highest BCUT2D eigenvalue weighted by molar-refractivity contribution is 5.78. The second-order valence-electron chi connectivity index (χ2n) is 6.01. The molecule has 0 aromatic carbocycles. The molecule has 0 atom stereocenters. The molecule has 2 aromatic heterocycles. The molecular weight excluding hydrogens is 307 g/mol. The fraction of sp³-hybridized carbons (Fsp3) is 0.500. The van der Waals surface area contributed by atoms with Gasteiger partial charge in [0.05, 0.1) is 12.3 Å². The number of amides is 1. The Bertz CT molecular complexity index is 687. The maximum absolute atomic E-state index is 12.6. The fourth-order valence-corrected chi connectivity index (χ4v) is 3.16. The standard InChI is InChI=1S/C16H18F3N3O/c17-16(18,19)11-4-6-12(7-5-11)21-15(23)10-13-2-1-3-14-20-8-9-22(13)14/h1-3,8-9,11-12H,4-7,10H2,(H,21,23). The Balaban J connectivity index is 1.55. The monoisotopic (exact) mass is 325 g/mol. The molecule has 0 radical (unpaired) electrons. The van der Waals surface area contributed by atoms with Crippen LogP contribution in [0.15, 0.2) is 30.6 Å². The summed E-state index contributed by atoms with van der Waals surface area (Å²) in [4.78, 5) is 16.3. The topological polar surface area (TPSA) is 46.4 Å². The molecule has 0 unspecified atom stereocenters. The van der Waals surface area contributed by atoms with Crippen LogP contribution in [0, 0.1) is 5.92 Å². The first kappa shape index (κ1) is 15.8. The lowest BCUT2D eigenvalue weighted by Crippen LogP contribution is -2.40. The number of hydrogen-bond donors (Lipinski definition) is 1. The first-order chi connectivity index (χ1) is 10.9. The Morgan fingerprint density at radius 1 is 1.26 bits per heavy atom. The minimum atomic E-state index is -4.12. The van der Waals surface area contributed by atoms with Crippen LogP contribution in [0.3, 0.4) is 0 Å². The van der Waals surface area contributed by atoms with E-state index in [1.54, 1.807) is 12.4 Å². The van der Waals surface area contributed by atoms with Crippen molar-refractivity contribution < 1.29 is 18.0 Å². The molecule has 2 heterocycles. The number of fused-ring (bicyclic) bond motifs is 1. The van der Waals surface area contributed by atoms with Crippen molar-refractivity contribution in [1.82, 2.24) is 14.7 Å². The number of rotatable bonds is 3. The Hall–Kier alpha value is -2.05. The third-order valence-electron chi connectivity index (χ3n) is 4.41. The quantitative estimate of drug-likeness (QED) is 0.942. The zero-order valence-electron chi connectivity index (χ0n) is 12.5. The van der Waals surface area contributed by atoms with E-state index in [-0.39, 0.29) is 31.2 Å². The summed E-state index contributed by atoms with van der Waals surface area (Å²) in [6, 6.07) is 5.36. The van der Waals surface area contributed by atoms with Gasteiger partial charge in [-0.15, -0.1) is 0 Å². The Kier molecular flexibility index (Phi) is 4.28. The predicted octanol–water partition coefficient (Wildman–Crippen LogP) is 3.11. The van der Waals surface area contributed by atoms with Crippen molar-refractivity contribution in [2.45, 2.75) is 44.3 Å². The number of imidazole rings is 1. The van der Waals surface area contributed by atoms with Gasteiger partial charge in [-0.2, -0.15) is 13.2 Å². The summed E-state index contributed by atoms with van der Waals surface area (Å²) in [5, 5.41) is 2.86. The lowest BCUT2D eigenvalue weighted by atomic mass is 9.85. The van der Waals surface area contributed by atoms with Crippen molar-refractivity contribution in [3.05, 3.63) is 36.3 Å². The van der Waals surface area contributed by atoms with Crippen LogP contribution < -0.4 is 5.32 Å². The van der Waals surface area contributed by atoms with Crippen LogP contribution >= 0.6 is 0 Å². The van der Waals surface area contributed by atoms with Gasteiger partial charge in [0.15, 0.2) is 0 Å². The van der Waals surface area contributed by atoms with Crippen LogP contribution in [0.5, 0.6) is 0 Å². The lowest BCUT2D eigenvalue weighted by molar-refractivity contribution is -0.182. The van der Waals surface area contributed by atoms with Gasteiger partial charge >= 0.3 is 6.18 Å². The number of hydrogen-bond acceptors (Lipinski definition) is 2.